The second-order valence-corrected chi connectivity index (χ2v) is 7.73. The highest BCUT2D eigenvalue weighted by molar-refractivity contribution is 6.06. The summed E-state index contributed by atoms with van der Waals surface area (Å²) in [6, 6.07) is 30.2. The van der Waals surface area contributed by atoms with Crippen molar-refractivity contribution in [3.05, 3.63) is 114 Å². The number of nitrogens with one attached hydrogen (secondary N) is 1. The minimum atomic E-state index is -0.326. The number of carbonyl (C=O) groups excluding carboxylic acids is 1. The monoisotopic (exact) mass is 469 g/mol. The van der Waals surface area contributed by atoms with Crippen molar-refractivity contribution in [3.63, 3.8) is 0 Å². The largest absolute Gasteiger partial charge is 0.496 e. The zero-order valence-corrected chi connectivity index (χ0v) is 19.7. The average Bonchev–Trinajstić information content (AvgIpc) is 2.92. The molecule has 0 aliphatic rings. The van der Waals surface area contributed by atoms with Gasteiger partial charge in [0, 0.05) is 17.8 Å². The van der Waals surface area contributed by atoms with Gasteiger partial charge >= 0.3 is 0 Å². The van der Waals surface area contributed by atoms with E-state index in [-0.39, 0.29) is 5.91 Å². The lowest BCUT2D eigenvalue weighted by molar-refractivity contribution is 0.102. The van der Waals surface area contributed by atoms with E-state index in [4.69, 9.17) is 18.9 Å². The van der Waals surface area contributed by atoms with Crippen LogP contribution in [0.3, 0.4) is 0 Å². The topological polar surface area (TPSA) is 66.0 Å². The summed E-state index contributed by atoms with van der Waals surface area (Å²) >= 11 is 0. The Labute approximate surface area is 205 Å². The van der Waals surface area contributed by atoms with Gasteiger partial charge in [0.1, 0.15) is 24.7 Å². The van der Waals surface area contributed by atoms with Gasteiger partial charge in [-0.1, -0.05) is 60.7 Å². The van der Waals surface area contributed by atoms with Crippen molar-refractivity contribution in [3.8, 4) is 23.0 Å². The molecule has 6 heteroatoms. The average molecular weight is 470 g/mol. The molecule has 1 N–H and O–H groups in total. The van der Waals surface area contributed by atoms with Crippen molar-refractivity contribution in [2.75, 3.05) is 19.5 Å². The van der Waals surface area contributed by atoms with Gasteiger partial charge in [0.2, 0.25) is 0 Å². The summed E-state index contributed by atoms with van der Waals surface area (Å²) in [4.78, 5) is 13.0. The van der Waals surface area contributed by atoms with Crippen LogP contribution in [0.1, 0.15) is 21.5 Å². The van der Waals surface area contributed by atoms with E-state index in [1.165, 1.54) is 14.2 Å². The first-order valence-corrected chi connectivity index (χ1v) is 11.2. The molecule has 0 spiro atoms. The SMILES string of the molecule is COc1cc(C(=O)Nc2ccc(OCc3ccccc3)cc2)c(OC)cc1OCc1ccccc1. The quantitative estimate of drug-likeness (QED) is 0.303. The van der Waals surface area contributed by atoms with E-state index >= 15 is 0 Å². The summed E-state index contributed by atoms with van der Waals surface area (Å²) in [5, 5.41) is 2.89. The van der Waals surface area contributed by atoms with E-state index in [1.807, 2.05) is 72.8 Å². The smallest absolute Gasteiger partial charge is 0.259 e. The van der Waals surface area contributed by atoms with E-state index in [9.17, 15) is 4.79 Å². The Morgan fingerprint density at radius 3 is 1.80 bits per heavy atom. The Kier molecular flexibility index (Phi) is 7.86. The van der Waals surface area contributed by atoms with E-state index < -0.39 is 0 Å². The van der Waals surface area contributed by atoms with Crippen molar-refractivity contribution in [2.45, 2.75) is 13.2 Å². The number of ether oxygens (including phenoxy) is 4. The molecule has 0 aliphatic heterocycles. The minimum absolute atomic E-state index is 0.326. The number of hydrogen-bond donors (Lipinski definition) is 1. The van der Waals surface area contributed by atoms with Gasteiger partial charge in [0.15, 0.2) is 11.5 Å². The molecule has 0 aromatic heterocycles. The number of anilines is 1. The fraction of sp³-hybridized carbons (Fsp3) is 0.138. The van der Waals surface area contributed by atoms with E-state index in [2.05, 4.69) is 5.32 Å². The number of carbonyl (C=O) groups is 1. The predicted molar refractivity (Wildman–Crippen MR) is 135 cm³/mol. The Balaban J connectivity index is 1.43. The molecule has 1 amide bonds. The number of benzene rings is 4. The molecule has 178 valence electrons. The van der Waals surface area contributed by atoms with Crippen molar-refractivity contribution < 1.29 is 23.7 Å². The zero-order valence-electron chi connectivity index (χ0n) is 19.7. The molecule has 4 aromatic carbocycles. The Morgan fingerprint density at radius 1 is 0.657 bits per heavy atom. The van der Waals surface area contributed by atoms with Crippen molar-refractivity contribution in [1.82, 2.24) is 0 Å². The molecule has 4 aromatic rings. The van der Waals surface area contributed by atoms with Gasteiger partial charge in [-0.15, -0.1) is 0 Å². The second kappa shape index (κ2) is 11.6. The lowest BCUT2D eigenvalue weighted by atomic mass is 10.1. The molecule has 0 aliphatic carbocycles. The van der Waals surface area contributed by atoms with E-state index in [0.29, 0.717) is 47.5 Å². The van der Waals surface area contributed by atoms with E-state index in [0.717, 1.165) is 11.1 Å². The van der Waals surface area contributed by atoms with E-state index in [1.54, 1.807) is 24.3 Å². The normalized spacial score (nSPS) is 10.3. The fourth-order valence-corrected chi connectivity index (χ4v) is 3.47. The highest BCUT2D eigenvalue weighted by Gasteiger charge is 2.18. The van der Waals surface area contributed by atoms with Gasteiger partial charge in [0.25, 0.3) is 5.91 Å². The fourth-order valence-electron chi connectivity index (χ4n) is 3.47. The van der Waals surface area contributed by atoms with Crippen LogP contribution >= 0.6 is 0 Å². The molecular weight excluding hydrogens is 442 g/mol. The van der Waals surface area contributed by atoms with Crippen molar-refractivity contribution >= 4 is 11.6 Å². The highest BCUT2D eigenvalue weighted by atomic mass is 16.5. The maximum atomic E-state index is 13.0. The molecule has 0 heterocycles. The highest BCUT2D eigenvalue weighted by Crippen LogP contribution is 2.36. The van der Waals surface area contributed by atoms with Crippen LogP contribution in [-0.2, 0) is 13.2 Å². The molecule has 6 nitrogen and oxygen atoms in total. The molecule has 4 rings (SSSR count). The van der Waals surface area contributed by atoms with Gasteiger partial charge < -0.3 is 24.3 Å². The Hall–Kier alpha value is -4.45. The number of amides is 1. The van der Waals surface area contributed by atoms with Crippen LogP contribution in [0.5, 0.6) is 23.0 Å². The van der Waals surface area contributed by atoms with Gasteiger partial charge in [0.05, 0.1) is 19.8 Å². The first kappa shape index (κ1) is 23.7. The van der Waals surface area contributed by atoms with Gasteiger partial charge in [-0.2, -0.15) is 0 Å². The molecule has 0 fully saturated rings. The van der Waals surface area contributed by atoms with Gasteiger partial charge in [-0.05, 0) is 35.4 Å². The summed E-state index contributed by atoms with van der Waals surface area (Å²) in [5.41, 5.74) is 3.07. The van der Waals surface area contributed by atoms with Crippen LogP contribution in [0.15, 0.2) is 97.1 Å². The lowest BCUT2D eigenvalue weighted by Crippen LogP contribution is -2.14. The van der Waals surface area contributed by atoms with Gasteiger partial charge in [-0.25, -0.2) is 0 Å². The zero-order chi connectivity index (χ0) is 24.5. The van der Waals surface area contributed by atoms with Crippen LogP contribution < -0.4 is 24.3 Å². The molecule has 0 unspecified atom stereocenters. The summed E-state index contributed by atoms with van der Waals surface area (Å²) in [6.07, 6.45) is 0. The van der Waals surface area contributed by atoms with Crippen LogP contribution in [0.2, 0.25) is 0 Å². The Morgan fingerprint density at radius 2 is 1.23 bits per heavy atom. The first-order valence-electron chi connectivity index (χ1n) is 11.2. The number of methoxy groups -OCH3 is 2. The Bertz CT molecular complexity index is 1240. The van der Waals surface area contributed by atoms with Crippen LogP contribution in [0.25, 0.3) is 0 Å². The first-order chi connectivity index (χ1) is 17.2. The maximum Gasteiger partial charge on any atom is 0.259 e. The van der Waals surface area contributed by atoms with Crippen LogP contribution in [0, 0.1) is 0 Å². The third kappa shape index (κ3) is 6.32. The summed E-state index contributed by atoms with van der Waals surface area (Å²) in [7, 11) is 3.05. The molecule has 0 bridgehead atoms. The predicted octanol–water partition coefficient (Wildman–Crippen LogP) is 6.11. The third-order valence-electron chi connectivity index (χ3n) is 5.33. The number of rotatable bonds is 10. The second-order valence-electron chi connectivity index (χ2n) is 7.73. The molecule has 0 atom stereocenters. The molecule has 0 radical (unpaired) electrons. The van der Waals surface area contributed by atoms with Gasteiger partial charge in [-0.3, -0.25) is 4.79 Å². The minimum Gasteiger partial charge on any atom is -0.496 e. The molecule has 0 saturated carbocycles. The molecule has 0 saturated heterocycles. The third-order valence-corrected chi connectivity index (χ3v) is 5.33. The summed E-state index contributed by atoms with van der Waals surface area (Å²) in [6.45, 7) is 0.840. The molecule has 35 heavy (non-hydrogen) atoms. The van der Waals surface area contributed by atoms with Crippen molar-refractivity contribution in [2.24, 2.45) is 0 Å². The summed E-state index contributed by atoms with van der Waals surface area (Å²) in [5.74, 6) is 1.70. The van der Waals surface area contributed by atoms with Crippen LogP contribution in [-0.4, -0.2) is 20.1 Å². The van der Waals surface area contributed by atoms with Crippen LogP contribution in [0.4, 0.5) is 5.69 Å². The number of hydrogen-bond acceptors (Lipinski definition) is 5. The summed E-state index contributed by atoms with van der Waals surface area (Å²) < 4.78 is 22.7. The lowest BCUT2D eigenvalue weighted by Gasteiger charge is -2.16. The maximum absolute atomic E-state index is 13.0. The van der Waals surface area contributed by atoms with Crippen molar-refractivity contribution in [1.29, 1.82) is 0 Å². The standard InChI is InChI=1S/C29H27NO5/c1-32-26-18-28(35-20-22-11-7-4-8-12-22)27(33-2)17-25(26)29(31)30-23-13-15-24(16-14-23)34-19-21-9-5-3-6-10-21/h3-18H,19-20H2,1-2H3,(H,30,31). The molecular formula is C29H27NO5.